The molecule has 28 heavy (non-hydrogen) atoms. The normalized spacial score (nSPS) is 19.3. The Morgan fingerprint density at radius 2 is 1.86 bits per heavy atom. The van der Waals surface area contributed by atoms with E-state index in [1.54, 1.807) is 21.7 Å². The van der Waals surface area contributed by atoms with Gasteiger partial charge in [0.25, 0.3) is 0 Å². The lowest BCUT2D eigenvalue weighted by Gasteiger charge is -2.16. The number of aromatic nitrogens is 2. The third-order valence-corrected chi connectivity index (χ3v) is 5.69. The number of likely N-dealkylation sites (tertiary alicyclic amines) is 1. The zero-order valence-electron chi connectivity index (χ0n) is 15.4. The number of fused-ring (bicyclic) bond motifs is 1. The molecular weight excluding hydrogens is 378 g/mol. The molecule has 1 saturated heterocycles. The minimum Gasteiger partial charge on any atom is -0.481 e. The van der Waals surface area contributed by atoms with Crippen LogP contribution < -0.4 is 0 Å². The molecule has 1 fully saturated rings. The molecule has 144 valence electrons. The van der Waals surface area contributed by atoms with Gasteiger partial charge >= 0.3 is 5.97 Å². The summed E-state index contributed by atoms with van der Waals surface area (Å²) in [6.45, 7) is 0.578. The van der Waals surface area contributed by atoms with Crippen LogP contribution in [0.4, 0.5) is 0 Å². The molecule has 1 amide bonds. The molecule has 0 spiro atoms. The van der Waals surface area contributed by atoms with Crippen LogP contribution in [0.25, 0.3) is 10.9 Å². The highest BCUT2D eigenvalue weighted by Crippen LogP contribution is 2.34. The lowest BCUT2D eigenvalue weighted by Crippen LogP contribution is -2.31. The molecule has 4 rings (SSSR count). The minimum atomic E-state index is -0.890. The number of aliphatic carboxylic acids is 1. The molecule has 2 heterocycles. The number of rotatable bonds is 4. The fraction of sp³-hybridized carbons (Fsp3) is 0.286. The Bertz CT molecular complexity index is 1040. The minimum absolute atomic E-state index is 0.105. The van der Waals surface area contributed by atoms with E-state index >= 15 is 0 Å². The van der Waals surface area contributed by atoms with Crippen molar-refractivity contribution >= 4 is 34.4 Å². The lowest BCUT2D eigenvalue weighted by atomic mass is 9.89. The Labute approximate surface area is 167 Å². The molecule has 7 heteroatoms. The summed E-state index contributed by atoms with van der Waals surface area (Å²) in [5, 5.41) is 15.7. The van der Waals surface area contributed by atoms with Crippen LogP contribution in [0.1, 0.15) is 17.2 Å². The average Bonchev–Trinajstić information content (AvgIpc) is 3.25. The number of aryl methyl sites for hydroxylation is 1. The van der Waals surface area contributed by atoms with Crippen molar-refractivity contribution < 1.29 is 14.7 Å². The molecular formula is C21H20ClN3O3. The van der Waals surface area contributed by atoms with Crippen molar-refractivity contribution in [2.24, 2.45) is 13.0 Å². The first-order valence-corrected chi connectivity index (χ1v) is 9.48. The standard InChI is InChI=1S/C21H20ClN3O3/c1-24-19-5-3-2-4-15(19)18(23-24)10-20(26)25-11-16(17(12-25)21(27)28)13-6-8-14(22)9-7-13/h2-9,16-17H,10-12H2,1H3,(H,27,28)/t16-,17+/m0/s1. The van der Waals surface area contributed by atoms with Gasteiger partial charge in [-0.2, -0.15) is 5.10 Å². The van der Waals surface area contributed by atoms with E-state index in [9.17, 15) is 14.7 Å². The fourth-order valence-corrected chi connectivity index (χ4v) is 4.11. The highest BCUT2D eigenvalue weighted by molar-refractivity contribution is 6.30. The van der Waals surface area contributed by atoms with Gasteiger partial charge in [-0.1, -0.05) is 41.9 Å². The van der Waals surface area contributed by atoms with E-state index in [4.69, 9.17) is 11.6 Å². The number of benzene rings is 2. The van der Waals surface area contributed by atoms with Gasteiger partial charge in [0.1, 0.15) is 0 Å². The van der Waals surface area contributed by atoms with Crippen LogP contribution >= 0.6 is 11.6 Å². The van der Waals surface area contributed by atoms with Gasteiger partial charge in [0.05, 0.1) is 23.5 Å². The van der Waals surface area contributed by atoms with E-state index in [0.29, 0.717) is 17.3 Å². The van der Waals surface area contributed by atoms with Crippen molar-refractivity contribution in [3.63, 3.8) is 0 Å². The quantitative estimate of drug-likeness (QED) is 0.734. The van der Waals surface area contributed by atoms with E-state index in [1.807, 2.05) is 43.4 Å². The monoisotopic (exact) mass is 397 g/mol. The summed E-state index contributed by atoms with van der Waals surface area (Å²) in [5.41, 5.74) is 2.56. The molecule has 1 aliphatic rings. The Hall–Kier alpha value is -2.86. The summed E-state index contributed by atoms with van der Waals surface area (Å²) in [4.78, 5) is 26.3. The van der Waals surface area contributed by atoms with Gasteiger partial charge in [-0.3, -0.25) is 14.3 Å². The first-order valence-electron chi connectivity index (χ1n) is 9.10. The maximum Gasteiger partial charge on any atom is 0.308 e. The van der Waals surface area contributed by atoms with Gasteiger partial charge in [0.2, 0.25) is 5.91 Å². The molecule has 3 aromatic rings. The molecule has 1 aliphatic heterocycles. The summed E-state index contributed by atoms with van der Waals surface area (Å²) in [7, 11) is 1.85. The molecule has 2 aromatic carbocycles. The maximum atomic E-state index is 12.9. The molecule has 1 aromatic heterocycles. The third kappa shape index (κ3) is 3.36. The smallest absolute Gasteiger partial charge is 0.308 e. The van der Waals surface area contributed by atoms with Crippen LogP contribution in [0, 0.1) is 5.92 Å². The number of para-hydroxylation sites is 1. The average molecular weight is 398 g/mol. The van der Waals surface area contributed by atoms with Crippen molar-refractivity contribution in [3.8, 4) is 0 Å². The fourth-order valence-electron chi connectivity index (χ4n) is 3.98. The number of carbonyl (C=O) groups excluding carboxylic acids is 1. The van der Waals surface area contributed by atoms with E-state index < -0.39 is 11.9 Å². The number of nitrogens with zero attached hydrogens (tertiary/aromatic N) is 3. The van der Waals surface area contributed by atoms with Crippen LogP contribution in [-0.4, -0.2) is 44.8 Å². The molecule has 0 saturated carbocycles. The summed E-state index contributed by atoms with van der Waals surface area (Å²) < 4.78 is 1.76. The number of hydrogen-bond acceptors (Lipinski definition) is 3. The second kappa shape index (κ2) is 7.28. The Morgan fingerprint density at radius 1 is 1.14 bits per heavy atom. The van der Waals surface area contributed by atoms with Crippen LogP contribution in [0.5, 0.6) is 0 Å². The van der Waals surface area contributed by atoms with Gasteiger partial charge in [-0.05, 0) is 23.8 Å². The molecule has 6 nitrogen and oxygen atoms in total. The topological polar surface area (TPSA) is 75.4 Å². The molecule has 2 atom stereocenters. The van der Waals surface area contributed by atoms with Crippen LogP contribution in [0.15, 0.2) is 48.5 Å². The number of halogens is 1. The van der Waals surface area contributed by atoms with Crippen molar-refractivity contribution in [2.45, 2.75) is 12.3 Å². The van der Waals surface area contributed by atoms with E-state index in [1.165, 1.54) is 0 Å². The number of carboxylic acids is 1. The zero-order chi connectivity index (χ0) is 19.8. The largest absolute Gasteiger partial charge is 0.481 e. The Balaban J connectivity index is 1.56. The van der Waals surface area contributed by atoms with Crippen LogP contribution in [0.3, 0.4) is 0 Å². The molecule has 0 unspecified atom stereocenters. The van der Waals surface area contributed by atoms with Gasteiger partial charge < -0.3 is 10.0 Å². The third-order valence-electron chi connectivity index (χ3n) is 5.44. The van der Waals surface area contributed by atoms with Crippen molar-refractivity contribution in [1.29, 1.82) is 0 Å². The van der Waals surface area contributed by atoms with Crippen molar-refractivity contribution in [3.05, 3.63) is 64.8 Å². The van der Waals surface area contributed by atoms with Crippen molar-refractivity contribution in [1.82, 2.24) is 14.7 Å². The summed E-state index contributed by atoms with van der Waals surface area (Å²) in [5.74, 6) is -1.88. The van der Waals surface area contributed by atoms with E-state index in [-0.39, 0.29) is 24.8 Å². The number of carbonyl (C=O) groups is 2. The van der Waals surface area contributed by atoms with Crippen LogP contribution in [-0.2, 0) is 23.1 Å². The zero-order valence-corrected chi connectivity index (χ0v) is 16.1. The SMILES string of the molecule is Cn1nc(CC(=O)N2C[C@@H](C(=O)O)[C@H](c3ccc(Cl)cc3)C2)c2ccccc21. The number of hydrogen-bond donors (Lipinski definition) is 1. The summed E-state index contributed by atoms with van der Waals surface area (Å²) >= 11 is 5.95. The highest BCUT2D eigenvalue weighted by atomic mass is 35.5. The van der Waals surface area contributed by atoms with E-state index in [2.05, 4.69) is 5.10 Å². The molecule has 0 aliphatic carbocycles. The molecule has 0 radical (unpaired) electrons. The maximum absolute atomic E-state index is 12.9. The summed E-state index contributed by atoms with van der Waals surface area (Å²) in [6, 6.07) is 14.9. The lowest BCUT2D eigenvalue weighted by molar-refractivity contribution is -0.141. The molecule has 1 N–H and O–H groups in total. The predicted molar refractivity (Wildman–Crippen MR) is 106 cm³/mol. The second-order valence-corrected chi connectivity index (χ2v) is 7.60. The predicted octanol–water partition coefficient (Wildman–Crippen LogP) is 3.10. The second-order valence-electron chi connectivity index (χ2n) is 7.17. The number of amides is 1. The van der Waals surface area contributed by atoms with Gasteiger partial charge in [-0.25, -0.2) is 0 Å². The van der Waals surface area contributed by atoms with Gasteiger partial charge in [0.15, 0.2) is 0 Å². The van der Waals surface area contributed by atoms with Crippen molar-refractivity contribution in [2.75, 3.05) is 13.1 Å². The Kier molecular flexibility index (Phi) is 4.81. The van der Waals surface area contributed by atoms with Gasteiger partial charge in [0, 0.05) is 36.5 Å². The first-order chi connectivity index (χ1) is 13.4. The summed E-state index contributed by atoms with van der Waals surface area (Å²) in [6.07, 6.45) is 0.154. The first kappa shape index (κ1) is 18.5. The van der Waals surface area contributed by atoms with Crippen LogP contribution in [0.2, 0.25) is 5.02 Å². The van der Waals surface area contributed by atoms with E-state index in [0.717, 1.165) is 16.5 Å². The highest BCUT2D eigenvalue weighted by Gasteiger charge is 2.40. The number of carboxylic acid groups (broad SMARTS) is 1. The van der Waals surface area contributed by atoms with Gasteiger partial charge in [-0.15, -0.1) is 0 Å². The molecule has 0 bridgehead atoms. The Morgan fingerprint density at radius 3 is 2.57 bits per heavy atom.